The van der Waals surface area contributed by atoms with Crippen LogP contribution in [0.3, 0.4) is 0 Å². The number of ether oxygens (including phenoxy) is 2. The lowest BCUT2D eigenvalue weighted by Gasteiger charge is -2.34. The van der Waals surface area contributed by atoms with E-state index in [2.05, 4.69) is 30.0 Å². The Labute approximate surface area is 366 Å². The Bertz CT molecular complexity index is 2930. The Morgan fingerprint density at radius 2 is 1.25 bits per heavy atom. The van der Waals surface area contributed by atoms with E-state index >= 15 is 0 Å². The van der Waals surface area contributed by atoms with E-state index in [9.17, 15) is 29.4 Å². The van der Waals surface area contributed by atoms with Gasteiger partial charge in [0.25, 0.3) is 22.7 Å². The van der Waals surface area contributed by atoms with Gasteiger partial charge in [0, 0.05) is 37.9 Å². The zero-order chi connectivity index (χ0) is 44.0. The van der Waals surface area contributed by atoms with Crippen LogP contribution in [0.5, 0.6) is 23.0 Å². The summed E-state index contributed by atoms with van der Waals surface area (Å²) in [5.74, 6) is -1.02. The highest BCUT2D eigenvalue weighted by molar-refractivity contribution is 5.93. The lowest BCUT2D eigenvalue weighted by atomic mass is 9.83. The third-order valence-corrected chi connectivity index (χ3v) is 13.8. The molecule has 0 saturated heterocycles. The summed E-state index contributed by atoms with van der Waals surface area (Å²) in [6.07, 6.45) is 21.1. The summed E-state index contributed by atoms with van der Waals surface area (Å²) in [5, 5.41) is 38.1. The molecule has 332 valence electrons. The molecule has 4 N–H and O–H groups in total. The number of aromatic nitrogens is 8. The van der Waals surface area contributed by atoms with Gasteiger partial charge in [-0.3, -0.25) is 28.5 Å². The molecule has 6 aromatic heterocycles. The van der Waals surface area contributed by atoms with Gasteiger partial charge in [0.05, 0.1) is 53.9 Å². The van der Waals surface area contributed by atoms with Crippen molar-refractivity contribution in [3.63, 3.8) is 0 Å². The Balaban J connectivity index is 1.02. The Morgan fingerprint density at radius 1 is 0.656 bits per heavy atom. The molecule has 3 unspecified atom stereocenters. The number of aromatic hydroxyl groups is 2. The number of pyridine rings is 2. The number of carbonyl (C=O) groups excluding carboxylic acids is 2. The van der Waals surface area contributed by atoms with Crippen LogP contribution in [-0.2, 0) is 24.2 Å². The average molecular weight is 871 g/mol. The van der Waals surface area contributed by atoms with Gasteiger partial charge in [-0.25, -0.2) is 9.97 Å². The molecule has 64 heavy (non-hydrogen) atoms. The van der Waals surface area contributed by atoms with Crippen molar-refractivity contribution >= 4 is 33.9 Å². The zero-order valence-corrected chi connectivity index (χ0v) is 35.3. The summed E-state index contributed by atoms with van der Waals surface area (Å²) >= 11 is 0. The molecule has 2 spiro atoms. The number of hydrogen-bond donors (Lipinski definition) is 4. The molecule has 2 aliphatic carbocycles. The first-order valence-electron chi connectivity index (χ1n) is 22.1. The van der Waals surface area contributed by atoms with Crippen LogP contribution in [0, 0.1) is 11.8 Å². The van der Waals surface area contributed by atoms with Crippen molar-refractivity contribution in [3.8, 4) is 23.0 Å². The summed E-state index contributed by atoms with van der Waals surface area (Å²) < 4.78 is 20.1. The Hall–Kier alpha value is -6.98. The highest BCUT2D eigenvalue weighted by Gasteiger charge is 2.45. The van der Waals surface area contributed by atoms with Gasteiger partial charge in [-0.2, -0.15) is 10.2 Å². The number of rotatable bonds is 1. The molecule has 12 bridgehead atoms. The van der Waals surface area contributed by atoms with E-state index in [1.165, 1.54) is 21.8 Å². The standard InChI is InChI=1S/C46H50N10O8/c57-33-25-53-27-45(13-2-3-14-45)55-20-10-32-36(9-19-47-41(32)55)64-23-12-29(7-17-50-44(62)38(51-53)40(33)60)30-6-15-46(24-30)28-54-26-34(58)39(59)37(52-54)43(61)49-16-4-1-5-22-63-35-8-18-48-42-31(35)11-21-56(42)46/h1,5,8-11,18-21,25-26,29-30,57-58H,2-4,6-7,12-17,22-24,27-28H2,(H,49,61)(H,50,62)/b5-1+. The van der Waals surface area contributed by atoms with Crippen molar-refractivity contribution in [2.75, 3.05) is 26.3 Å². The quantitative estimate of drug-likeness (QED) is 0.169. The zero-order valence-electron chi connectivity index (χ0n) is 35.3. The summed E-state index contributed by atoms with van der Waals surface area (Å²) in [6, 6.07) is 7.72. The van der Waals surface area contributed by atoms with Crippen LogP contribution in [0.2, 0.25) is 0 Å². The van der Waals surface area contributed by atoms with Crippen LogP contribution in [0.15, 0.2) is 83.2 Å². The van der Waals surface area contributed by atoms with Crippen LogP contribution in [0.25, 0.3) is 22.1 Å². The third kappa shape index (κ3) is 7.43. The van der Waals surface area contributed by atoms with E-state index in [1.807, 2.05) is 48.8 Å². The fourth-order valence-corrected chi connectivity index (χ4v) is 10.7. The van der Waals surface area contributed by atoms with Crippen LogP contribution in [-0.4, -0.2) is 87.0 Å². The van der Waals surface area contributed by atoms with Crippen molar-refractivity contribution in [3.05, 3.63) is 105 Å². The highest BCUT2D eigenvalue weighted by atomic mass is 16.5. The maximum Gasteiger partial charge on any atom is 0.275 e. The molecule has 8 heterocycles. The molecule has 10 rings (SSSR count). The van der Waals surface area contributed by atoms with E-state index in [-0.39, 0.29) is 37.2 Å². The predicted octanol–water partition coefficient (Wildman–Crippen LogP) is 4.36. The molecule has 4 aliphatic rings. The van der Waals surface area contributed by atoms with Crippen LogP contribution < -0.4 is 31.0 Å². The van der Waals surface area contributed by atoms with Crippen molar-refractivity contribution in [2.45, 2.75) is 88.4 Å². The molecular formula is C46H50N10O8. The van der Waals surface area contributed by atoms with Gasteiger partial charge in [-0.05, 0) is 87.5 Å². The first-order valence-corrected chi connectivity index (χ1v) is 22.1. The van der Waals surface area contributed by atoms with Gasteiger partial charge >= 0.3 is 0 Å². The monoisotopic (exact) mass is 870 g/mol. The van der Waals surface area contributed by atoms with Crippen molar-refractivity contribution in [1.29, 1.82) is 0 Å². The van der Waals surface area contributed by atoms with E-state index in [0.29, 0.717) is 69.0 Å². The summed E-state index contributed by atoms with van der Waals surface area (Å²) in [5.41, 5.74) is -2.16. The van der Waals surface area contributed by atoms with Crippen molar-refractivity contribution < 1.29 is 29.3 Å². The minimum Gasteiger partial charge on any atom is -0.503 e. The SMILES string of the molecule is O=C1NCCC(C2CCC3(C2)Cn2cc(O)c(=O)c(n2)C(=O)NCC/C=C/COc2ccnc4c2ccn43)CCOc2ccnc3c2ccn3C2(CCCC2)Cn2cc(O)c(=O)c1n2. The van der Waals surface area contributed by atoms with E-state index in [0.717, 1.165) is 48.5 Å². The third-order valence-electron chi connectivity index (χ3n) is 13.8. The largest absolute Gasteiger partial charge is 0.503 e. The molecule has 2 aliphatic heterocycles. The fourth-order valence-electron chi connectivity index (χ4n) is 10.7. The minimum absolute atomic E-state index is 0.00543. The predicted molar refractivity (Wildman–Crippen MR) is 234 cm³/mol. The van der Waals surface area contributed by atoms with Gasteiger partial charge in [0.2, 0.25) is 0 Å². The van der Waals surface area contributed by atoms with Gasteiger partial charge in [0.1, 0.15) is 29.4 Å². The van der Waals surface area contributed by atoms with Gasteiger partial charge in [-0.15, -0.1) is 0 Å². The van der Waals surface area contributed by atoms with Crippen LogP contribution in [0.4, 0.5) is 0 Å². The number of hydrogen-bond acceptors (Lipinski definition) is 12. The minimum atomic E-state index is -0.851. The fraction of sp³-hybridized carbons (Fsp3) is 0.435. The summed E-state index contributed by atoms with van der Waals surface area (Å²) in [7, 11) is 0. The van der Waals surface area contributed by atoms with Gasteiger partial charge < -0.3 is 39.5 Å². The number of carbonyl (C=O) groups is 2. The van der Waals surface area contributed by atoms with Crippen molar-refractivity contribution in [1.82, 2.24) is 49.3 Å². The second-order valence-corrected chi connectivity index (χ2v) is 17.7. The molecule has 6 aromatic rings. The lowest BCUT2D eigenvalue weighted by molar-refractivity contribution is 0.0933. The molecular weight excluding hydrogens is 821 g/mol. The van der Waals surface area contributed by atoms with Gasteiger partial charge in [0.15, 0.2) is 22.9 Å². The van der Waals surface area contributed by atoms with Crippen LogP contribution in [0.1, 0.15) is 85.2 Å². The first kappa shape index (κ1) is 41.1. The molecule has 2 saturated carbocycles. The molecule has 18 heteroatoms. The molecule has 0 aromatic carbocycles. The normalized spacial score (nSPS) is 23.4. The number of amides is 2. The second kappa shape index (κ2) is 16.6. The highest BCUT2D eigenvalue weighted by Crippen LogP contribution is 2.48. The first-order chi connectivity index (χ1) is 31.1. The number of fused-ring (bicyclic) bond motifs is 6. The molecule has 2 amide bonds. The van der Waals surface area contributed by atoms with E-state index < -0.39 is 50.9 Å². The number of nitrogens with zero attached hydrogens (tertiary/aromatic N) is 8. The van der Waals surface area contributed by atoms with Gasteiger partial charge in [-0.1, -0.05) is 25.0 Å². The molecule has 18 nitrogen and oxygen atoms in total. The summed E-state index contributed by atoms with van der Waals surface area (Å²) in [4.78, 5) is 63.0. The topological polar surface area (TPSA) is 223 Å². The average Bonchev–Trinajstić information content (AvgIpc) is 4.12. The lowest BCUT2D eigenvalue weighted by Crippen LogP contribution is -2.39. The van der Waals surface area contributed by atoms with E-state index in [4.69, 9.17) is 19.4 Å². The van der Waals surface area contributed by atoms with E-state index in [1.54, 1.807) is 12.4 Å². The Morgan fingerprint density at radius 3 is 1.91 bits per heavy atom. The number of nitrogens with one attached hydrogen (secondary N) is 2. The van der Waals surface area contributed by atoms with Crippen molar-refractivity contribution in [2.24, 2.45) is 11.8 Å². The molecule has 2 fully saturated rings. The molecule has 3 atom stereocenters. The van der Waals surface area contributed by atoms with Crippen LogP contribution >= 0.6 is 0 Å². The maximum atomic E-state index is 13.8. The maximum absolute atomic E-state index is 13.8. The Kier molecular flexibility index (Phi) is 10.7. The smallest absolute Gasteiger partial charge is 0.275 e. The molecule has 0 radical (unpaired) electrons. The second-order valence-electron chi connectivity index (χ2n) is 17.7. The summed E-state index contributed by atoms with van der Waals surface area (Å²) in [6.45, 7) is 1.68.